The van der Waals surface area contributed by atoms with Crippen molar-refractivity contribution in [1.82, 2.24) is 0 Å². The van der Waals surface area contributed by atoms with Gasteiger partial charge in [-0.25, -0.2) is 4.79 Å². The van der Waals surface area contributed by atoms with E-state index in [2.05, 4.69) is 15.9 Å². The van der Waals surface area contributed by atoms with Gasteiger partial charge in [-0.2, -0.15) is 0 Å². The molecule has 0 spiro atoms. The summed E-state index contributed by atoms with van der Waals surface area (Å²) >= 11 is 7.27. The molecule has 108 valence electrons. The number of hydrogen-bond donors (Lipinski definition) is 0. The van der Waals surface area contributed by atoms with Gasteiger partial charge < -0.3 is 4.74 Å². The lowest BCUT2D eigenvalue weighted by molar-refractivity contribution is 0.0734. The van der Waals surface area contributed by atoms with Crippen molar-refractivity contribution in [3.8, 4) is 5.75 Å². The van der Waals surface area contributed by atoms with Crippen LogP contribution in [-0.4, -0.2) is 17.5 Å². The highest BCUT2D eigenvalue weighted by Gasteiger charge is 2.18. The Kier molecular flexibility index (Phi) is 4.93. The molecular weight excluding hydrogens is 368 g/mol. The number of rotatable bonds is 3. The fourth-order valence-electron chi connectivity index (χ4n) is 2.00. The molecule has 2 aromatic rings. The summed E-state index contributed by atoms with van der Waals surface area (Å²) in [6.07, 6.45) is 0. The first-order valence-electron chi connectivity index (χ1n) is 6.53. The van der Waals surface area contributed by atoms with Crippen LogP contribution in [-0.2, 0) is 0 Å². The van der Waals surface area contributed by atoms with Gasteiger partial charge in [0.2, 0.25) is 0 Å². The van der Waals surface area contributed by atoms with E-state index in [-0.39, 0.29) is 5.97 Å². The Morgan fingerprint density at radius 3 is 2.24 bits per heavy atom. The van der Waals surface area contributed by atoms with Crippen molar-refractivity contribution < 1.29 is 9.53 Å². The lowest BCUT2D eigenvalue weighted by atomic mass is 10.2. The van der Waals surface area contributed by atoms with Gasteiger partial charge in [-0.3, -0.25) is 0 Å². The minimum Gasteiger partial charge on any atom is -0.423 e. The molecular formula is C16H13BrO2S2. The molecule has 1 fully saturated rings. The topological polar surface area (TPSA) is 26.3 Å². The summed E-state index contributed by atoms with van der Waals surface area (Å²) in [4.78, 5) is 12.0. The van der Waals surface area contributed by atoms with Crippen LogP contribution in [0, 0.1) is 0 Å². The van der Waals surface area contributed by atoms with E-state index in [1.165, 1.54) is 17.1 Å². The number of esters is 1. The summed E-state index contributed by atoms with van der Waals surface area (Å²) in [7, 11) is 0. The maximum absolute atomic E-state index is 12.0. The smallest absolute Gasteiger partial charge is 0.343 e. The molecule has 0 saturated carbocycles. The Bertz CT molecular complexity index is 620. The molecule has 0 N–H and O–H groups in total. The van der Waals surface area contributed by atoms with Crippen LogP contribution < -0.4 is 4.74 Å². The monoisotopic (exact) mass is 380 g/mol. The van der Waals surface area contributed by atoms with Crippen LogP contribution in [0.15, 0.2) is 53.0 Å². The normalized spacial score (nSPS) is 15.1. The van der Waals surface area contributed by atoms with E-state index in [9.17, 15) is 4.79 Å². The second kappa shape index (κ2) is 6.90. The second-order valence-electron chi connectivity index (χ2n) is 4.54. The minimum atomic E-state index is -0.333. The first-order chi connectivity index (χ1) is 10.2. The van der Waals surface area contributed by atoms with Crippen LogP contribution in [0.25, 0.3) is 0 Å². The van der Waals surface area contributed by atoms with Gasteiger partial charge in [-0.15, -0.1) is 23.5 Å². The van der Waals surface area contributed by atoms with Gasteiger partial charge in [0.05, 0.1) is 10.1 Å². The van der Waals surface area contributed by atoms with Crippen LogP contribution in [0.5, 0.6) is 5.75 Å². The van der Waals surface area contributed by atoms with Gasteiger partial charge in [-0.05, 0) is 42.0 Å². The van der Waals surface area contributed by atoms with E-state index in [1.807, 2.05) is 59.9 Å². The number of halogens is 1. The van der Waals surface area contributed by atoms with Crippen LogP contribution >= 0.6 is 39.5 Å². The Balaban J connectivity index is 1.67. The number of carbonyl (C=O) groups is 1. The predicted octanol–water partition coefficient (Wildman–Crippen LogP) is 5.15. The summed E-state index contributed by atoms with van der Waals surface area (Å²) in [5.74, 6) is 2.66. The Morgan fingerprint density at radius 2 is 1.62 bits per heavy atom. The van der Waals surface area contributed by atoms with E-state index in [0.717, 1.165) is 4.47 Å². The third-order valence-corrected chi connectivity index (χ3v) is 6.70. The van der Waals surface area contributed by atoms with Crippen molar-refractivity contribution >= 4 is 45.4 Å². The fraction of sp³-hybridized carbons (Fsp3) is 0.188. The summed E-state index contributed by atoms with van der Waals surface area (Å²) in [6, 6.07) is 15.0. The van der Waals surface area contributed by atoms with E-state index in [0.29, 0.717) is 15.9 Å². The van der Waals surface area contributed by atoms with Crippen molar-refractivity contribution in [3.63, 3.8) is 0 Å². The lowest BCUT2D eigenvalue weighted by Gasteiger charge is -2.09. The molecule has 0 aromatic heterocycles. The third-order valence-electron chi connectivity index (χ3n) is 3.06. The highest BCUT2D eigenvalue weighted by molar-refractivity contribution is 9.10. The predicted molar refractivity (Wildman–Crippen MR) is 93.2 cm³/mol. The van der Waals surface area contributed by atoms with Gasteiger partial charge in [0.25, 0.3) is 0 Å². The van der Waals surface area contributed by atoms with Crippen molar-refractivity contribution in [2.45, 2.75) is 4.58 Å². The number of ether oxygens (including phenoxy) is 1. The van der Waals surface area contributed by atoms with Crippen LogP contribution in [0.1, 0.15) is 20.5 Å². The minimum absolute atomic E-state index is 0.333. The zero-order valence-electron chi connectivity index (χ0n) is 11.1. The maximum Gasteiger partial charge on any atom is 0.343 e. The van der Waals surface area contributed by atoms with Crippen molar-refractivity contribution in [2.75, 3.05) is 11.5 Å². The van der Waals surface area contributed by atoms with Crippen molar-refractivity contribution in [3.05, 3.63) is 64.1 Å². The second-order valence-corrected chi connectivity index (χ2v) is 8.18. The average molecular weight is 381 g/mol. The molecule has 1 aliphatic heterocycles. The molecule has 1 saturated heterocycles. The number of thioether (sulfide) groups is 2. The Morgan fingerprint density at radius 1 is 1.00 bits per heavy atom. The zero-order chi connectivity index (χ0) is 14.7. The molecule has 0 bridgehead atoms. The van der Waals surface area contributed by atoms with E-state index in [4.69, 9.17) is 4.74 Å². The largest absolute Gasteiger partial charge is 0.423 e. The first-order valence-corrected chi connectivity index (χ1v) is 9.42. The fourth-order valence-corrected chi connectivity index (χ4v) is 5.12. The molecule has 0 unspecified atom stereocenters. The lowest BCUT2D eigenvalue weighted by Crippen LogP contribution is -2.08. The third kappa shape index (κ3) is 3.84. The zero-order valence-corrected chi connectivity index (χ0v) is 14.3. The van der Waals surface area contributed by atoms with Gasteiger partial charge in [0.15, 0.2) is 0 Å². The quantitative estimate of drug-likeness (QED) is 0.543. The first kappa shape index (κ1) is 15.0. The average Bonchev–Trinajstić information content (AvgIpc) is 3.03. The summed E-state index contributed by atoms with van der Waals surface area (Å²) in [6.45, 7) is 0. The maximum atomic E-state index is 12.0. The van der Waals surface area contributed by atoms with Crippen LogP contribution in [0.4, 0.5) is 0 Å². The van der Waals surface area contributed by atoms with Gasteiger partial charge in [0.1, 0.15) is 5.75 Å². The summed E-state index contributed by atoms with van der Waals surface area (Å²) in [5.41, 5.74) is 1.83. The number of carbonyl (C=O) groups excluding carboxylic acids is 1. The molecule has 2 nitrogen and oxygen atoms in total. The molecule has 0 atom stereocenters. The summed E-state index contributed by atoms with van der Waals surface area (Å²) < 4.78 is 6.84. The highest BCUT2D eigenvalue weighted by atomic mass is 79.9. The van der Waals surface area contributed by atoms with Gasteiger partial charge in [0, 0.05) is 16.0 Å². The molecule has 1 heterocycles. The standard InChI is InChI=1S/C16H13BrO2S2/c17-13-5-1-11(2-6-13)15(18)19-14-7-3-12(4-8-14)16-20-9-10-21-16/h1-8,16H,9-10H2. The van der Waals surface area contributed by atoms with E-state index in [1.54, 1.807) is 12.1 Å². The van der Waals surface area contributed by atoms with Crippen molar-refractivity contribution in [2.24, 2.45) is 0 Å². The summed E-state index contributed by atoms with van der Waals surface area (Å²) in [5, 5.41) is 0. The number of hydrogen-bond acceptors (Lipinski definition) is 4. The highest BCUT2D eigenvalue weighted by Crippen LogP contribution is 2.45. The molecule has 21 heavy (non-hydrogen) atoms. The van der Waals surface area contributed by atoms with E-state index < -0.39 is 0 Å². The van der Waals surface area contributed by atoms with Gasteiger partial charge in [-0.1, -0.05) is 28.1 Å². The molecule has 0 aliphatic carbocycles. The van der Waals surface area contributed by atoms with Crippen molar-refractivity contribution in [1.29, 1.82) is 0 Å². The Hall–Kier alpha value is -0.910. The van der Waals surface area contributed by atoms with Crippen LogP contribution in [0.2, 0.25) is 0 Å². The Labute approximate surface area is 140 Å². The van der Waals surface area contributed by atoms with Crippen LogP contribution in [0.3, 0.4) is 0 Å². The number of benzene rings is 2. The molecule has 0 radical (unpaired) electrons. The van der Waals surface area contributed by atoms with E-state index >= 15 is 0 Å². The molecule has 2 aromatic carbocycles. The van der Waals surface area contributed by atoms with Gasteiger partial charge >= 0.3 is 5.97 Å². The molecule has 3 rings (SSSR count). The molecule has 0 amide bonds. The molecule has 1 aliphatic rings. The molecule has 5 heteroatoms. The SMILES string of the molecule is O=C(Oc1ccc(C2SCCS2)cc1)c1ccc(Br)cc1.